The molecule has 1 fully saturated rings. The summed E-state index contributed by atoms with van der Waals surface area (Å²) in [5, 5.41) is 0. The summed E-state index contributed by atoms with van der Waals surface area (Å²) in [6.07, 6.45) is 3.80. The second-order valence-electron chi connectivity index (χ2n) is 8.55. The normalized spacial score (nSPS) is 19.8. The summed E-state index contributed by atoms with van der Waals surface area (Å²) in [6, 6.07) is 21.6. The van der Waals surface area contributed by atoms with Crippen molar-refractivity contribution < 1.29 is 9.53 Å². The Morgan fingerprint density at radius 3 is 2.36 bits per heavy atom. The van der Waals surface area contributed by atoms with Crippen molar-refractivity contribution >= 4 is 5.91 Å². The molecule has 2 aromatic carbocycles. The zero-order valence-corrected chi connectivity index (χ0v) is 17.4. The summed E-state index contributed by atoms with van der Waals surface area (Å²) in [4.78, 5) is 14.5. The largest absolute Gasteiger partial charge is 0.375 e. The van der Waals surface area contributed by atoms with Crippen molar-refractivity contribution in [2.45, 2.75) is 64.0 Å². The molecule has 0 aliphatic carbocycles. The lowest BCUT2D eigenvalue weighted by atomic mass is 9.88. The van der Waals surface area contributed by atoms with Gasteiger partial charge < -0.3 is 9.64 Å². The zero-order chi connectivity index (χ0) is 20.0. The number of hydrogen-bond acceptors (Lipinski definition) is 2. The highest BCUT2D eigenvalue weighted by Crippen LogP contribution is 2.30. The minimum atomic E-state index is -0.153. The molecule has 0 bridgehead atoms. The summed E-state index contributed by atoms with van der Waals surface area (Å²) in [6.45, 7) is 7.48. The van der Waals surface area contributed by atoms with Crippen LogP contribution in [0.25, 0.3) is 0 Å². The highest BCUT2D eigenvalue weighted by Gasteiger charge is 2.33. The first kappa shape index (κ1) is 20.6. The van der Waals surface area contributed by atoms with Gasteiger partial charge in [-0.3, -0.25) is 4.79 Å². The molecule has 28 heavy (non-hydrogen) atoms. The summed E-state index contributed by atoms with van der Waals surface area (Å²) in [5.41, 5.74) is 2.54. The van der Waals surface area contributed by atoms with Gasteiger partial charge >= 0.3 is 0 Å². The van der Waals surface area contributed by atoms with E-state index < -0.39 is 0 Å². The topological polar surface area (TPSA) is 29.5 Å². The lowest BCUT2D eigenvalue weighted by Crippen LogP contribution is -2.48. The number of hydrogen-bond donors (Lipinski definition) is 0. The standard InChI is InChI=1S/C25H33NO2/c1-20(27)26(24-15-17-28-25(2,3)19-24)16-14-23(22-12-8-5-9-13-22)18-21-10-6-4-7-11-21/h4-13,23-24H,14-19H2,1-3H3/t23-,24+/m0/s1. The molecule has 2 aromatic rings. The van der Waals surface area contributed by atoms with Crippen LogP contribution in [-0.2, 0) is 16.0 Å². The Balaban J connectivity index is 1.72. The number of benzene rings is 2. The van der Waals surface area contributed by atoms with Gasteiger partial charge in [-0.15, -0.1) is 0 Å². The fourth-order valence-electron chi connectivity index (χ4n) is 4.37. The maximum Gasteiger partial charge on any atom is 0.219 e. The molecule has 150 valence electrons. The van der Waals surface area contributed by atoms with Gasteiger partial charge in [0.25, 0.3) is 0 Å². The Morgan fingerprint density at radius 1 is 1.11 bits per heavy atom. The van der Waals surface area contributed by atoms with Gasteiger partial charge in [0.2, 0.25) is 5.91 Å². The molecular weight excluding hydrogens is 346 g/mol. The van der Waals surface area contributed by atoms with Crippen LogP contribution in [0, 0.1) is 0 Å². The summed E-state index contributed by atoms with van der Waals surface area (Å²) in [5.74, 6) is 0.576. The molecule has 1 aliphatic rings. The third kappa shape index (κ3) is 5.68. The molecule has 0 aromatic heterocycles. The van der Waals surface area contributed by atoms with Gasteiger partial charge in [0.1, 0.15) is 0 Å². The van der Waals surface area contributed by atoms with Crippen molar-refractivity contribution in [2.75, 3.05) is 13.2 Å². The molecule has 0 saturated carbocycles. The number of carbonyl (C=O) groups is 1. The Labute approximate surface area is 169 Å². The van der Waals surface area contributed by atoms with Gasteiger partial charge in [0.05, 0.1) is 5.60 Å². The van der Waals surface area contributed by atoms with Crippen LogP contribution in [-0.4, -0.2) is 35.6 Å². The molecule has 0 spiro atoms. The average Bonchev–Trinajstić information content (AvgIpc) is 2.68. The van der Waals surface area contributed by atoms with Crippen LogP contribution in [0.4, 0.5) is 0 Å². The molecule has 1 saturated heterocycles. The predicted molar refractivity (Wildman–Crippen MR) is 114 cm³/mol. The van der Waals surface area contributed by atoms with Crippen molar-refractivity contribution in [1.82, 2.24) is 4.90 Å². The lowest BCUT2D eigenvalue weighted by Gasteiger charge is -2.41. The summed E-state index contributed by atoms with van der Waals surface area (Å²) < 4.78 is 5.86. The van der Waals surface area contributed by atoms with Gasteiger partial charge in [-0.05, 0) is 56.6 Å². The number of nitrogens with zero attached hydrogens (tertiary/aromatic N) is 1. The third-order valence-electron chi connectivity index (χ3n) is 5.83. The average molecular weight is 380 g/mol. The molecule has 0 N–H and O–H groups in total. The first-order chi connectivity index (χ1) is 13.4. The number of rotatable bonds is 7. The third-order valence-corrected chi connectivity index (χ3v) is 5.83. The van der Waals surface area contributed by atoms with E-state index in [1.807, 2.05) is 0 Å². The van der Waals surface area contributed by atoms with Crippen LogP contribution in [0.15, 0.2) is 60.7 Å². The van der Waals surface area contributed by atoms with E-state index in [1.165, 1.54) is 11.1 Å². The molecule has 1 amide bonds. The molecule has 3 rings (SSSR count). The molecule has 0 radical (unpaired) electrons. The number of amides is 1. The van der Waals surface area contributed by atoms with Crippen LogP contribution in [0.3, 0.4) is 0 Å². The number of carbonyl (C=O) groups excluding carboxylic acids is 1. The van der Waals surface area contributed by atoms with Crippen molar-refractivity contribution in [2.24, 2.45) is 0 Å². The highest BCUT2D eigenvalue weighted by atomic mass is 16.5. The van der Waals surface area contributed by atoms with Gasteiger partial charge in [0.15, 0.2) is 0 Å². The van der Waals surface area contributed by atoms with E-state index in [9.17, 15) is 4.79 Å². The van der Waals surface area contributed by atoms with Crippen LogP contribution in [0.1, 0.15) is 57.1 Å². The van der Waals surface area contributed by atoms with Crippen LogP contribution in [0.5, 0.6) is 0 Å². The van der Waals surface area contributed by atoms with E-state index in [4.69, 9.17) is 4.74 Å². The quantitative estimate of drug-likeness (QED) is 0.661. The van der Waals surface area contributed by atoms with Crippen LogP contribution in [0.2, 0.25) is 0 Å². The van der Waals surface area contributed by atoms with Crippen molar-refractivity contribution in [3.8, 4) is 0 Å². The predicted octanol–water partition coefficient (Wildman–Crippen LogP) is 5.21. The van der Waals surface area contributed by atoms with Gasteiger partial charge in [-0.2, -0.15) is 0 Å². The van der Waals surface area contributed by atoms with Crippen molar-refractivity contribution in [1.29, 1.82) is 0 Å². The van der Waals surface area contributed by atoms with E-state index in [0.717, 1.165) is 38.8 Å². The highest BCUT2D eigenvalue weighted by molar-refractivity contribution is 5.73. The Bertz CT molecular complexity index is 742. The monoisotopic (exact) mass is 379 g/mol. The van der Waals surface area contributed by atoms with Crippen molar-refractivity contribution in [3.05, 3.63) is 71.8 Å². The van der Waals surface area contributed by atoms with Gasteiger partial charge in [-0.1, -0.05) is 60.7 Å². The fraction of sp³-hybridized carbons (Fsp3) is 0.480. The van der Waals surface area contributed by atoms with Crippen molar-refractivity contribution in [3.63, 3.8) is 0 Å². The first-order valence-electron chi connectivity index (χ1n) is 10.4. The van der Waals surface area contributed by atoms with Crippen LogP contribution >= 0.6 is 0 Å². The molecule has 2 atom stereocenters. The lowest BCUT2D eigenvalue weighted by molar-refractivity contribution is -0.138. The second-order valence-corrected chi connectivity index (χ2v) is 8.55. The van der Waals surface area contributed by atoms with E-state index in [-0.39, 0.29) is 17.6 Å². The van der Waals surface area contributed by atoms with Gasteiger partial charge in [0, 0.05) is 26.1 Å². The van der Waals surface area contributed by atoms with E-state index in [1.54, 1.807) is 6.92 Å². The van der Waals surface area contributed by atoms with Gasteiger partial charge in [-0.25, -0.2) is 0 Å². The zero-order valence-electron chi connectivity index (χ0n) is 17.4. The SMILES string of the molecule is CC(=O)N(CC[C@@H](Cc1ccccc1)c1ccccc1)[C@@H]1CCOC(C)(C)C1. The molecule has 1 heterocycles. The van der Waals surface area contributed by atoms with E-state index in [2.05, 4.69) is 79.4 Å². The van der Waals surface area contributed by atoms with E-state index in [0.29, 0.717) is 5.92 Å². The maximum absolute atomic E-state index is 12.4. The molecule has 1 aliphatic heterocycles. The maximum atomic E-state index is 12.4. The molecule has 3 nitrogen and oxygen atoms in total. The smallest absolute Gasteiger partial charge is 0.219 e. The molecule has 0 unspecified atom stereocenters. The Hall–Kier alpha value is -2.13. The minimum Gasteiger partial charge on any atom is -0.375 e. The molecule has 3 heteroatoms. The second kappa shape index (κ2) is 9.38. The summed E-state index contributed by atoms with van der Waals surface area (Å²) in [7, 11) is 0. The number of ether oxygens (including phenoxy) is 1. The van der Waals surface area contributed by atoms with Crippen LogP contribution < -0.4 is 0 Å². The molecular formula is C25H33NO2. The fourth-order valence-corrected chi connectivity index (χ4v) is 4.37. The minimum absolute atomic E-state index is 0.153. The Kier molecular flexibility index (Phi) is 6.90. The summed E-state index contributed by atoms with van der Waals surface area (Å²) >= 11 is 0. The van der Waals surface area contributed by atoms with E-state index >= 15 is 0 Å². The first-order valence-corrected chi connectivity index (χ1v) is 10.4. The Morgan fingerprint density at radius 2 is 1.75 bits per heavy atom.